The van der Waals surface area contributed by atoms with E-state index in [-0.39, 0.29) is 23.7 Å². The van der Waals surface area contributed by atoms with Gasteiger partial charge in [0.1, 0.15) is 0 Å². The van der Waals surface area contributed by atoms with Crippen LogP contribution >= 0.6 is 11.6 Å². The number of benzene rings is 2. The molecular formula is C22H24ClN3O2. The van der Waals surface area contributed by atoms with Crippen LogP contribution in [0.4, 0.5) is 5.69 Å². The third-order valence-corrected chi connectivity index (χ3v) is 5.70. The number of rotatable bonds is 5. The molecule has 146 valence electrons. The lowest BCUT2D eigenvalue weighted by atomic mass is 10.2. The zero-order valence-electron chi connectivity index (χ0n) is 15.7. The Morgan fingerprint density at radius 1 is 0.964 bits per heavy atom. The Morgan fingerprint density at radius 3 is 2.43 bits per heavy atom. The molecule has 2 aliphatic rings. The highest BCUT2D eigenvalue weighted by Gasteiger charge is 2.49. The average Bonchev–Trinajstić information content (AvgIpc) is 3.50. The maximum Gasteiger partial charge on any atom is 0.228 e. The number of anilines is 1. The standard InChI is InChI=1S/C22H24ClN3O2/c23-17-7-4-8-18(13-17)24-21(27)19-14-20(19)22(28)26-11-9-25(10-12-26)15-16-5-2-1-3-6-16/h1-8,13,19-20H,9-12,14-15H2,(H,24,27). The Kier molecular flexibility index (Phi) is 5.64. The van der Waals surface area contributed by atoms with Crippen LogP contribution < -0.4 is 5.32 Å². The monoisotopic (exact) mass is 397 g/mol. The Hall–Kier alpha value is -2.37. The predicted octanol–water partition coefficient (Wildman–Crippen LogP) is 3.26. The van der Waals surface area contributed by atoms with Gasteiger partial charge in [0.15, 0.2) is 0 Å². The molecule has 6 heteroatoms. The maximum atomic E-state index is 12.8. The van der Waals surface area contributed by atoms with Gasteiger partial charge in [0.25, 0.3) is 0 Å². The number of amides is 2. The van der Waals surface area contributed by atoms with E-state index in [2.05, 4.69) is 34.5 Å². The topological polar surface area (TPSA) is 52.7 Å². The molecule has 2 unspecified atom stereocenters. The lowest BCUT2D eigenvalue weighted by Crippen LogP contribution is -2.49. The molecule has 2 fully saturated rings. The molecule has 0 bridgehead atoms. The Labute approximate surface area is 170 Å². The summed E-state index contributed by atoms with van der Waals surface area (Å²) in [6, 6.07) is 17.5. The van der Waals surface area contributed by atoms with Gasteiger partial charge in [-0.15, -0.1) is 0 Å². The fraction of sp³-hybridized carbons (Fsp3) is 0.364. The van der Waals surface area contributed by atoms with Crippen molar-refractivity contribution in [3.05, 3.63) is 65.2 Å². The lowest BCUT2D eigenvalue weighted by molar-refractivity contribution is -0.135. The molecule has 5 nitrogen and oxygen atoms in total. The fourth-order valence-corrected chi connectivity index (χ4v) is 3.95. The summed E-state index contributed by atoms with van der Waals surface area (Å²) in [5.74, 6) is -0.386. The number of nitrogens with one attached hydrogen (secondary N) is 1. The van der Waals surface area contributed by atoms with Gasteiger partial charge in [-0.3, -0.25) is 14.5 Å². The molecule has 2 amide bonds. The van der Waals surface area contributed by atoms with Crippen molar-refractivity contribution in [1.29, 1.82) is 0 Å². The van der Waals surface area contributed by atoms with E-state index in [9.17, 15) is 9.59 Å². The van der Waals surface area contributed by atoms with Gasteiger partial charge in [0, 0.05) is 43.4 Å². The smallest absolute Gasteiger partial charge is 0.228 e. The first kappa shape index (κ1) is 19.0. The van der Waals surface area contributed by atoms with Crippen molar-refractivity contribution in [2.24, 2.45) is 11.8 Å². The van der Waals surface area contributed by atoms with Gasteiger partial charge in [-0.25, -0.2) is 0 Å². The van der Waals surface area contributed by atoms with E-state index < -0.39 is 0 Å². The first-order valence-electron chi connectivity index (χ1n) is 9.71. The number of piperazine rings is 1. The summed E-state index contributed by atoms with van der Waals surface area (Å²) in [7, 11) is 0. The van der Waals surface area contributed by atoms with E-state index in [1.54, 1.807) is 24.3 Å². The van der Waals surface area contributed by atoms with Crippen LogP contribution in [0.15, 0.2) is 54.6 Å². The molecule has 1 saturated heterocycles. The average molecular weight is 398 g/mol. The number of nitrogens with zero attached hydrogens (tertiary/aromatic N) is 2. The number of hydrogen-bond acceptors (Lipinski definition) is 3. The summed E-state index contributed by atoms with van der Waals surface area (Å²) in [4.78, 5) is 29.4. The van der Waals surface area contributed by atoms with Gasteiger partial charge in [-0.2, -0.15) is 0 Å². The highest BCUT2D eigenvalue weighted by Crippen LogP contribution is 2.41. The third-order valence-electron chi connectivity index (χ3n) is 5.47. The van der Waals surface area contributed by atoms with E-state index >= 15 is 0 Å². The van der Waals surface area contributed by atoms with Crippen LogP contribution in [-0.2, 0) is 16.1 Å². The zero-order valence-corrected chi connectivity index (χ0v) is 16.4. The lowest BCUT2D eigenvalue weighted by Gasteiger charge is -2.35. The van der Waals surface area contributed by atoms with Crippen molar-refractivity contribution >= 4 is 29.1 Å². The number of carbonyl (C=O) groups excluding carboxylic acids is 2. The van der Waals surface area contributed by atoms with E-state index in [0.29, 0.717) is 17.1 Å². The van der Waals surface area contributed by atoms with E-state index in [0.717, 1.165) is 32.7 Å². The molecule has 2 aromatic rings. The molecule has 1 N–H and O–H groups in total. The zero-order chi connectivity index (χ0) is 19.5. The van der Waals surface area contributed by atoms with Gasteiger partial charge in [0.05, 0.1) is 11.8 Å². The second-order valence-electron chi connectivity index (χ2n) is 7.54. The summed E-state index contributed by atoms with van der Waals surface area (Å²) in [5.41, 5.74) is 1.97. The molecule has 1 heterocycles. The first-order chi connectivity index (χ1) is 13.6. The van der Waals surface area contributed by atoms with Gasteiger partial charge >= 0.3 is 0 Å². The van der Waals surface area contributed by atoms with Crippen molar-refractivity contribution < 1.29 is 9.59 Å². The van der Waals surface area contributed by atoms with Crippen molar-refractivity contribution in [3.63, 3.8) is 0 Å². The largest absolute Gasteiger partial charge is 0.340 e. The van der Waals surface area contributed by atoms with Gasteiger partial charge in [-0.1, -0.05) is 48.0 Å². The molecule has 0 radical (unpaired) electrons. The first-order valence-corrected chi connectivity index (χ1v) is 10.1. The van der Waals surface area contributed by atoms with Crippen molar-refractivity contribution in [2.75, 3.05) is 31.5 Å². The molecule has 4 rings (SSSR count). The van der Waals surface area contributed by atoms with Crippen molar-refractivity contribution in [2.45, 2.75) is 13.0 Å². The summed E-state index contributed by atoms with van der Waals surface area (Å²) in [5, 5.41) is 3.44. The van der Waals surface area contributed by atoms with Crippen LogP contribution in [0.5, 0.6) is 0 Å². The minimum absolute atomic E-state index is 0.0941. The molecule has 0 aromatic heterocycles. The number of carbonyl (C=O) groups is 2. The van der Waals surface area contributed by atoms with Crippen LogP contribution in [-0.4, -0.2) is 47.8 Å². The highest BCUT2D eigenvalue weighted by atomic mass is 35.5. The Bertz CT molecular complexity index is 850. The maximum absolute atomic E-state index is 12.8. The molecule has 1 aliphatic heterocycles. The number of hydrogen-bond donors (Lipinski definition) is 1. The second kappa shape index (κ2) is 8.33. The van der Waals surface area contributed by atoms with Crippen LogP contribution in [0.2, 0.25) is 5.02 Å². The summed E-state index contributed by atoms with van der Waals surface area (Å²) in [6.45, 7) is 4.10. The molecule has 1 aliphatic carbocycles. The minimum atomic E-state index is -0.228. The SMILES string of the molecule is O=C(Nc1cccc(Cl)c1)C1CC1C(=O)N1CCN(Cc2ccccc2)CC1. The van der Waals surface area contributed by atoms with Crippen LogP contribution in [0, 0.1) is 11.8 Å². The van der Waals surface area contributed by atoms with E-state index in [1.807, 2.05) is 11.0 Å². The molecule has 2 aromatic carbocycles. The normalized spacial score (nSPS) is 22.0. The molecule has 28 heavy (non-hydrogen) atoms. The summed E-state index contributed by atoms with van der Waals surface area (Å²) >= 11 is 5.95. The van der Waals surface area contributed by atoms with Gasteiger partial charge < -0.3 is 10.2 Å². The quantitative estimate of drug-likeness (QED) is 0.842. The van der Waals surface area contributed by atoms with E-state index in [1.165, 1.54) is 5.56 Å². The second-order valence-corrected chi connectivity index (χ2v) is 7.97. The molecular weight excluding hydrogens is 374 g/mol. The van der Waals surface area contributed by atoms with E-state index in [4.69, 9.17) is 11.6 Å². The van der Waals surface area contributed by atoms with Gasteiger partial charge in [-0.05, 0) is 30.2 Å². The van der Waals surface area contributed by atoms with Crippen LogP contribution in [0.25, 0.3) is 0 Å². The van der Waals surface area contributed by atoms with Gasteiger partial charge in [0.2, 0.25) is 11.8 Å². The summed E-state index contributed by atoms with van der Waals surface area (Å²) in [6.07, 6.45) is 0.634. The highest BCUT2D eigenvalue weighted by molar-refractivity contribution is 6.30. The number of halogens is 1. The minimum Gasteiger partial charge on any atom is -0.340 e. The fourth-order valence-electron chi connectivity index (χ4n) is 3.76. The van der Waals surface area contributed by atoms with Crippen LogP contribution in [0.1, 0.15) is 12.0 Å². The van der Waals surface area contributed by atoms with Crippen molar-refractivity contribution in [3.8, 4) is 0 Å². The molecule has 1 saturated carbocycles. The van der Waals surface area contributed by atoms with Crippen molar-refractivity contribution in [1.82, 2.24) is 9.80 Å². The van der Waals surface area contributed by atoms with Crippen LogP contribution in [0.3, 0.4) is 0 Å². The molecule has 0 spiro atoms. The summed E-state index contributed by atoms with van der Waals surface area (Å²) < 4.78 is 0. The third kappa shape index (κ3) is 4.54. The predicted molar refractivity (Wildman–Crippen MR) is 110 cm³/mol. The molecule has 2 atom stereocenters. The Morgan fingerprint density at radius 2 is 1.71 bits per heavy atom. The Balaban J connectivity index is 1.24.